The van der Waals surface area contributed by atoms with Crippen molar-refractivity contribution in [3.05, 3.63) is 36.4 Å². The number of ether oxygens (including phenoxy) is 1. The van der Waals surface area contributed by atoms with Gasteiger partial charge in [-0.05, 0) is 37.0 Å². The SMILES string of the molecule is COc1cccc(-c2cn(C3CCCCN3CC=O)nc2F)c1. The average Bonchev–Trinajstić information content (AvgIpc) is 2.97. The lowest BCUT2D eigenvalue weighted by Gasteiger charge is -2.34. The van der Waals surface area contributed by atoms with Gasteiger partial charge >= 0.3 is 0 Å². The fourth-order valence-corrected chi connectivity index (χ4v) is 3.09. The first-order chi connectivity index (χ1) is 11.2. The smallest absolute Gasteiger partial charge is 0.240 e. The third kappa shape index (κ3) is 3.27. The zero-order valence-electron chi connectivity index (χ0n) is 13.1. The molecular formula is C17H20FN3O2. The summed E-state index contributed by atoms with van der Waals surface area (Å²) in [6.45, 7) is 1.18. The number of aldehydes is 1. The van der Waals surface area contributed by atoms with Crippen LogP contribution in [0.5, 0.6) is 5.75 Å². The highest BCUT2D eigenvalue weighted by atomic mass is 19.1. The Morgan fingerprint density at radius 1 is 1.43 bits per heavy atom. The first-order valence-corrected chi connectivity index (χ1v) is 7.79. The molecule has 1 unspecified atom stereocenters. The van der Waals surface area contributed by atoms with E-state index in [0.717, 1.165) is 37.7 Å². The van der Waals surface area contributed by atoms with E-state index in [1.54, 1.807) is 24.1 Å². The predicted molar refractivity (Wildman–Crippen MR) is 84.7 cm³/mol. The van der Waals surface area contributed by atoms with Crippen molar-refractivity contribution in [2.75, 3.05) is 20.2 Å². The summed E-state index contributed by atoms with van der Waals surface area (Å²) in [6, 6.07) is 7.26. The van der Waals surface area contributed by atoms with Gasteiger partial charge in [-0.2, -0.15) is 4.39 Å². The molecule has 1 aliphatic heterocycles. The lowest BCUT2D eigenvalue weighted by Crippen LogP contribution is -2.38. The molecule has 6 heteroatoms. The van der Waals surface area contributed by atoms with Crippen molar-refractivity contribution in [2.45, 2.75) is 25.4 Å². The summed E-state index contributed by atoms with van der Waals surface area (Å²) in [5, 5.41) is 4.05. The monoisotopic (exact) mass is 317 g/mol. The highest BCUT2D eigenvalue weighted by molar-refractivity contribution is 5.64. The van der Waals surface area contributed by atoms with Crippen molar-refractivity contribution in [3.8, 4) is 16.9 Å². The van der Waals surface area contributed by atoms with Gasteiger partial charge < -0.3 is 9.53 Å². The van der Waals surface area contributed by atoms with Gasteiger partial charge in [-0.15, -0.1) is 5.10 Å². The molecule has 0 saturated carbocycles. The van der Waals surface area contributed by atoms with Gasteiger partial charge in [0.1, 0.15) is 18.2 Å². The summed E-state index contributed by atoms with van der Waals surface area (Å²) < 4.78 is 21.2. The van der Waals surface area contributed by atoms with Crippen molar-refractivity contribution in [1.82, 2.24) is 14.7 Å². The van der Waals surface area contributed by atoms with E-state index in [1.165, 1.54) is 0 Å². The van der Waals surface area contributed by atoms with E-state index >= 15 is 0 Å². The minimum absolute atomic E-state index is 0.0668. The third-order valence-electron chi connectivity index (χ3n) is 4.26. The van der Waals surface area contributed by atoms with Crippen LogP contribution in [0, 0.1) is 5.95 Å². The van der Waals surface area contributed by atoms with Gasteiger partial charge in [-0.25, -0.2) is 0 Å². The molecule has 0 amide bonds. The van der Waals surface area contributed by atoms with Crippen LogP contribution in [0.3, 0.4) is 0 Å². The summed E-state index contributed by atoms with van der Waals surface area (Å²) in [5.74, 6) is 0.171. The molecule has 0 bridgehead atoms. The molecule has 5 nitrogen and oxygen atoms in total. The molecule has 23 heavy (non-hydrogen) atoms. The third-order valence-corrected chi connectivity index (χ3v) is 4.26. The van der Waals surface area contributed by atoms with Gasteiger partial charge in [0, 0.05) is 12.7 Å². The summed E-state index contributed by atoms with van der Waals surface area (Å²) in [5.41, 5.74) is 1.17. The largest absolute Gasteiger partial charge is 0.497 e. The number of benzene rings is 1. The van der Waals surface area contributed by atoms with Crippen molar-refractivity contribution >= 4 is 6.29 Å². The molecule has 0 N–H and O–H groups in total. The fraction of sp³-hybridized carbons (Fsp3) is 0.412. The summed E-state index contributed by atoms with van der Waals surface area (Å²) in [4.78, 5) is 12.9. The van der Waals surface area contributed by atoms with Gasteiger partial charge in [-0.1, -0.05) is 12.1 Å². The Hall–Kier alpha value is -2.21. The second kappa shape index (κ2) is 6.91. The zero-order valence-corrected chi connectivity index (χ0v) is 13.1. The molecule has 0 aliphatic carbocycles. The van der Waals surface area contributed by atoms with Crippen LogP contribution in [0.25, 0.3) is 11.1 Å². The van der Waals surface area contributed by atoms with E-state index in [4.69, 9.17) is 4.74 Å². The zero-order chi connectivity index (χ0) is 16.2. The molecule has 1 atom stereocenters. The van der Waals surface area contributed by atoms with Crippen molar-refractivity contribution in [1.29, 1.82) is 0 Å². The molecule has 1 aromatic carbocycles. The predicted octanol–water partition coefficient (Wildman–Crippen LogP) is 2.88. The van der Waals surface area contributed by atoms with Crippen molar-refractivity contribution in [3.63, 3.8) is 0 Å². The van der Waals surface area contributed by atoms with E-state index in [9.17, 15) is 9.18 Å². The normalized spacial score (nSPS) is 18.8. The Labute approximate surface area is 134 Å². The number of methoxy groups -OCH3 is 1. The quantitative estimate of drug-likeness (QED) is 0.796. The lowest BCUT2D eigenvalue weighted by molar-refractivity contribution is -0.110. The van der Waals surface area contributed by atoms with Crippen LogP contribution in [-0.2, 0) is 4.79 Å². The van der Waals surface area contributed by atoms with Crippen LogP contribution in [0.15, 0.2) is 30.5 Å². The number of likely N-dealkylation sites (tertiary alicyclic amines) is 1. The number of halogens is 1. The second-order valence-electron chi connectivity index (χ2n) is 5.68. The number of aromatic nitrogens is 2. The van der Waals surface area contributed by atoms with Crippen LogP contribution in [-0.4, -0.2) is 41.2 Å². The minimum Gasteiger partial charge on any atom is -0.497 e. The van der Waals surface area contributed by atoms with Gasteiger partial charge in [-0.3, -0.25) is 9.58 Å². The second-order valence-corrected chi connectivity index (χ2v) is 5.68. The molecule has 0 spiro atoms. The Bertz CT molecular complexity index is 686. The lowest BCUT2D eigenvalue weighted by atomic mass is 10.1. The van der Waals surface area contributed by atoms with Gasteiger partial charge in [0.15, 0.2) is 0 Å². The number of hydrogen-bond donors (Lipinski definition) is 0. The van der Waals surface area contributed by atoms with Gasteiger partial charge in [0.25, 0.3) is 0 Å². The van der Waals surface area contributed by atoms with E-state index in [2.05, 4.69) is 5.10 Å². The molecular weight excluding hydrogens is 297 g/mol. The number of carbonyl (C=O) groups excluding carboxylic acids is 1. The van der Waals surface area contributed by atoms with E-state index in [0.29, 0.717) is 17.9 Å². The Kier molecular flexibility index (Phi) is 4.71. The van der Waals surface area contributed by atoms with Crippen molar-refractivity contribution < 1.29 is 13.9 Å². The Morgan fingerprint density at radius 2 is 2.30 bits per heavy atom. The van der Waals surface area contributed by atoms with Gasteiger partial charge in [0.05, 0.1) is 19.2 Å². The van der Waals surface area contributed by atoms with Gasteiger partial charge in [0.2, 0.25) is 5.95 Å². The first-order valence-electron chi connectivity index (χ1n) is 7.79. The maximum absolute atomic E-state index is 14.3. The fourth-order valence-electron chi connectivity index (χ4n) is 3.09. The molecule has 1 aliphatic rings. The average molecular weight is 317 g/mol. The van der Waals surface area contributed by atoms with Crippen LogP contribution < -0.4 is 4.74 Å². The number of nitrogens with zero attached hydrogens (tertiary/aromatic N) is 3. The molecule has 1 saturated heterocycles. The minimum atomic E-state index is -0.505. The topological polar surface area (TPSA) is 47.4 Å². The molecule has 122 valence electrons. The molecule has 2 aromatic rings. The number of piperidine rings is 1. The molecule has 1 aromatic heterocycles. The Morgan fingerprint density at radius 3 is 3.09 bits per heavy atom. The summed E-state index contributed by atoms with van der Waals surface area (Å²) in [7, 11) is 1.58. The van der Waals surface area contributed by atoms with E-state index < -0.39 is 5.95 Å². The van der Waals surface area contributed by atoms with Crippen molar-refractivity contribution in [2.24, 2.45) is 0 Å². The maximum Gasteiger partial charge on any atom is 0.240 e. The van der Waals surface area contributed by atoms with Crippen LogP contribution in [0.2, 0.25) is 0 Å². The molecule has 0 radical (unpaired) electrons. The number of hydrogen-bond acceptors (Lipinski definition) is 4. The van der Waals surface area contributed by atoms with E-state index in [1.807, 2.05) is 23.1 Å². The first kappa shape index (κ1) is 15.7. The van der Waals surface area contributed by atoms with Crippen LogP contribution >= 0.6 is 0 Å². The standard InChI is InChI=1S/C17H20FN3O2/c1-23-14-6-4-5-13(11-14)15-12-21(19-17(15)18)16-7-2-3-8-20(16)9-10-22/h4-6,10-12,16H,2-3,7-9H2,1H3. The maximum atomic E-state index is 14.3. The highest BCUT2D eigenvalue weighted by Crippen LogP contribution is 2.30. The number of carbonyl (C=O) groups is 1. The summed E-state index contributed by atoms with van der Waals surface area (Å²) >= 11 is 0. The summed E-state index contributed by atoms with van der Waals surface area (Å²) in [6.07, 6.45) is 5.51. The van der Waals surface area contributed by atoms with Crippen LogP contribution in [0.1, 0.15) is 25.4 Å². The number of rotatable bonds is 5. The molecule has 3 rings (SSSR count). The Balaban J connectivity index is 1.91. The highest BCUT2D eigenvalue weighted by Gasteiger charge is 2.25. The van der Waals surface area contributed by atoms with E-state index in [-0.39, 0.29) is 6.17 Å². The molecule has 1 fully saturated rings. The molecule has 2 heterocycles. The van der Waals surface area contributed by atoms with Crippen LogP contribution in [0.4, 0.5) is 4.39 Å².